The van der Waals surface area contributed by atoms with E-state index in [9.17, 15) is 0 Å². The smallest absolute Gasteiger partial charge is 0.693 e. The van der Waals surface area contributed by atoms with Crippen molar-refractivity contribution >= 4 is 0 Å². The third-order valence-corrected chi connectivity index (χ3v) is 0.421. The van der Waals surface area contributed by atoms with Gasteiger partial charge in [-0.05, 0) is 0 Å². The molecule has 0 atom stereocenters. The molecule has 0 fully saturated rings. The molecule has 0 spiro atoms. The van der Waals surface area contributed by atoms with Gasteiger partial charge in [0.15, 0.2) is 0 Å². The summed E-state index contributed by atoms with van der Waals surface area (Å²) in [4.78, 5) is 0. The van der Waals surface area contributed by atoms with Gasteiger partial charge in [0.1, 0.15) is 0 Å². The van der Waals surface area contributed by atoms with Crippen molar-refractivity contribution in [1.29, 1.82) is 0 Å². The first kappa shape index (κ1) is 10.6. The molecule has 0 aliphatic rings. The number of rotatable bonds is 2. The molecule has 0 aliphatic heterocycles. The van der Waals surface area contributed by atoms with Crippen LogP contribution in [-0.2, 0) is 0 Å². The average Bonchev–Trinajstić information content (AvgIpc) is 1.61. The van der Waals surface area contributed by atoms with Crippen molar-refractivity contribution in [3.8, 4) is 0 Å². The fourth-order valence-electron chi connectivity index (χ4n) is 0.180. The maximum absolute atomic E-state index is 3.70. The van der Waals surface area contributed by atoms with E-state index in [2.05, 4.69) is 12.2 Å². The van der Waals surface area contributed by atoms with Gasteiger partial charge in [-0.3, -0.25) is 0 Å². The fraction of sp³-hybridized carbons (Fsp3) is 0.400. The van der Waals surface area contributed by atoms with Crippen molar-refractivity contribution in [2.24, 2.45) is 0 Å². The Hall–Kier alpha value is 0.592. The molecule has 38 valence electrons. The van der Waals surface area contributed by atoms with E-state index < -0.39 is 0 Å². The van der Waals surface area contributed by atoms with Gasteiger partial charge in [-0.1, -0.05) is 0 Å². The minimum Gasteiger partial charge on any atom is -0.693 e. The summed E-state index contributed by atoms with van der Waals surface area (Å²) in [6.07, 6.45) is 4.48. The molecule has 0 heterocycles. The van der Waals surface area contributed by atoms with Crippen LogP contribution >= 0.6 is 0 Å². The Morgan fingerprint density at radius 1 is 1.71 bits per heavy atom. The Labute approximate surface area is 68.9 Å². The third kappa shape index (κ3) is 10.8. The fourth-order valence-corrected chi connectivity index (χ4v) is 0.180. The maximum Gasteiger partial charge on any atom is 2.00 e. The molecule has 0 amide bonds. The second-order valence-electron chi connectivity index (χ2n) is 0.932. The Bertz CT molecular complexity index is 37.3. The normalized spacial score (nSPS) is 8.29. The summed E-state index contributed by atoms with van der Waals surface area (Å²) in [6, 6.07) is 0. The van der Waals surface area contributed by atoms with Gasteiger partial charge in [0.2, 0.25) is 0 Å². The molecule has 0 aromatic rings. The van der Waals surface area contributed by atoms with Crippen LogP contribution in [0, 0.1) is 38.0 Å². The Morgan fingerprint density at radius 3 is 2.43 bits per heavy atom. The second-order valence-corrected chi connectivity index (χ2v) is 0.932. The SMILES string of the molecule is [CH2-]C/C=C\[N-]C.[U+2]. The molecule has 0 saturated heterocycles. The molecular weight excluding hydrogens is 312 g/mol. The van der Waals surface area contributed by atoms with Crippen molar-refractivity contribution in [3.05, 3.63) is 24.5 Å². The largest absolute Gasteiger partial charge is 2.00 e. The zero-order valence-corrected chi connectivity index (χ0v) is 8.68. The van der Waals surface area contributed by atoms with Gasteiger partial charge in [0.25, 0.3) is 0 Å². The van der Waals surface area contributed by atoms with Crippen LogP contribution in [0.1, 0.15) is 6.42 Å². The molecule has 0 bridgehead atoms. The summed E-state index contributed by atoms with van der Waals surface area (Å²) in [5, 5.41) is 3.70. The van der Waals surface area contributed by atoms with Gasteiger partial charge in [0, 0.05) is 0 Å². The summed E-state index contributed by atoms with van der Waals surface area (Å²) in [5.74, 6) is 0. The monoisotopic (exact) mass is 321 g/mol. The molecule has 0 aliphatic carbocycles. The summed E-state index contributed by atoms with van der Waals surface area (Å²) >= 11 is 0. The zero-order chi connectivity index (χ0) is 4.83. The van der Waals surface area contributed by atoms with Gasteiger partial charge in [-0.2, -0.15) is 12.6 Å². The summed E-state index contributed by atoms with van der Waals surface area (Å²) < 4.78 is 0. The Morgan fingerprint density at radius 2 is 2.29 bits per heavy atom. The quantitative estimate of drug-likeness (QED) is 0.688. The number of hydrogen-bond acceptors (Lipinski definition) is 0. The molecule has 0 rings (SSSR count). The van der Waals surface area contributed by atoms with E-state index in [1.165, 1.54) is 0 Å². The Balaban J connectivity index is 0. The van der Waals surface area contributed by atoms with E-state index >= 15 is 0 Å². The minimum absolute atomic E-state index is 0. The first-order valence-electron chi connectivity index (χ1n) is 1.95. The third-order valence-electron chi connectivity index (χ3n) is 0.421. The van der Waals surface area contributed by atoms with Crippen molar-refractivity contribution in [2.45, 2.75) is 6.42 Å². The van der Waals surface area contributed by atoms with E-state index in [1.807, 2.05) is 6.08 Å². The number of hydrogen-bond donors (Lipinski definition) is 0. The van der Waals surface area contributed by atoms with Gasteiger partial charge in [-0.15, -0.1) is 13.1 Å². The molecule has 0 saturated carbocycles. The van der Waals surface area contributed by atoms with Crippen molar-refractivity contribution in [2.75, 3.05) is 7.05 Å². The zero-order valence-electron chi connectivity index (χ0n) is 4.52. The van der Waals surface area contributed by atoms with Crippen LogP contribution in [0.3, 0.4) is 0 Å². The average molecular weight is 321 g/mol. The molecule has 2 heteroatoms. The first-order valence-corrected chi connectivity index (χ1v) is 1.95. The predicted molar refractivity (Wildman–Crippen MR) is 28.4 cm³/mol. The standard InChI is InChI=1S/C5H9N.U/c1-3-4-5-6-2;/h4-5H,1,3H2,2H3;/q-2;+2/b5-4-;. The summed E-state index contributed by atoms with van der Waals surface area (Å²) in [7, 11) is 1.74. The van der Waals surface area contributed by atoms with E-state index in [4.69, 9.17) is 0 Å². The second kappa shape index (κ2) is 9.78. The first-order chi connectivity index (χ1) is 2.91. The molecular formula is C5H9NU. The van der Waals surface area contributed by atoms with Gasteiger partial charge in [0.05, 0.1) is 0 Å². The van der Waals surface area contributed by atoms with Gasteiger partial charge in [-0.25, -0.2) is 0 Å². The van der Waals surface area contributed by atoms with Crippen molar-refractivity contribution < 1.29 is 31.1 Å². The molecule has 0 N–H and O–H groups in total. The van der Waals surface area contributed by atoms with E-state index in [1.54, 1.807) is 13.2 Å². The summed E-state index contributed by atoms with van der Waals surface area (Å²) in [5.41, 5.74) is 0. The van der Waals surface area contributed by atoms with Crippen LogP contribution < -0.4 is 0 Å². The topological polar surface area (TPSA) is 14.1 Å². The van der Waals surface area contributed by atoms with Crippen LogP contribution in [0.5, 0.6) is 0 Å². The van der Waals surface area contributed by atoms with E-state index in [0.29, 0.717) is 0 Å². The van der Waals surface area contributed by atoms with Crippen LogP contribution in [0.4, 0.5) is 0 Å². The van der Waals surface area contributed by atoms with Crippen molar-refractivity contribution in [3.63, 3.8) is 0 Å². The van der Waals surface area contributed by atoms with E-state index in [-0.39, 0.29) is 31.1 Å². The number of allylic oxidation sites excluding steroid dienone is 1. The van der Waals surface area contributed by atoms with Crippen LogP contribution in [0.15, 0.2) is 12.3 Å². The number of nitrogens with zero attached hydrogens (tertiary/aromatic N) is 1. The Kier molecular flexibility index (Phi) is 14.7. The molecule has 1 nitrogen and oxygen atoms in total. The van der Waals surface area contributed by atoms with Crippen molar-refractivity contribution in [1.82, 2.24) is 0 Å². The molecule has 0 aromatic heterocycles. The molecule has 0 unspecified atom stereocenters. The summed E-state index contributed by atoms with van der Waals surface area (Å²) in [6.45, 7) is 3.58. The molecule has 0 radical (unpaired) electrons. The van der Waals surface area contributed by atoms with E-state index in [0.717, 1.165) is 6.42 Å². The van der Waals surface area contributed by atoms with Gasteiger partial charge >= 0.3 is 31.1 Å². The molecule has 7 heavy (non-hydrogen) atoms. The predicted octanol–water partition coefficient (Wildman–Crippen LogP) is 1.73. The van der Waals surface area contributed by atoms with Crippen LogP contribution in [0.25, 0.3) is 5.32 Å². The minimum atomic E-state index is 0. The van der Waals surface area contributed by atoms with Crippen LogP contribution in [-0.4, -0.2) is 7.05 Å². The van der Waals surface area contributed by atoms with Gasteiger partial charge < -0.3 is 12.2 Å². The van der Waals surface area contributed by atoms with Crippen LogP contribution in [0.2, 0.25) is 0 Å². The molecule has 0 aromatic carbocycles. The maximum atomic E-state index is 3.70.